The Hall–Kier alpha value is -3.35. The summed E-state index contributed by atoms with van der Waals surface area (Å²) in [7, 11) is 0. The Morgan fingerprint density at radius 3 is 2.37 bits per heavy atom. The Morgan fingerprint density at radius 2 is 1.67 bits per heavy atom. The highest BCUT2D eigenvalue weighted by atomic mass is 16.5. The van der Waals surface area contributed by atoms with Crippen molar-refractivity contribution < 1.29 is 9.53 Å². The second-order valence-corrected chi connectivity index (χ2v) is 7.25. The summed E-state index contributed by atoms with van der Waals surface area (Å²) in [6.45, 7) is 6.09. The number of fused-ring (bicyclic) bond motifs is 1. The summed E-state index contributed by atoms with van der Waals surface area (Å²) in [6, 6.07) is 12.4. The summed E-state index contributed by atoms with van der Waals surface area (Å²) in [6.07, 6.45) is 0. The van der Waals surface area contributed by atoms with E-state index in [2.05, 4.69) is 36.1 Å². The summed E-state index contributed by atoms with van der Waals surface area (Å²) in [5.41, 5.74) is 0.851. The molecule has 0 aliphatic carbocycles. The highest BCUT2D eigenvalue weighted by molar-refractivity contribution is 5.93. The summed E-state index contributed by atoms with van der Waals surface area (Å²) in [4.78, 5) is 39.9. The largest absolute Gasteiger partial charge is 0.483 e. The third-order valence-electron chi connectivity index (χ3n) is 4.06. The van der Waals surface area contributed by atoms with E-state index >= 15 is 0 Å². The van der Waals surface area contributed by atoms with Gasteiger partial charge in [-0.2, -0.15) is 0 Å². The van der Waals surface area contributed by atoms with Crippen LogP contribution in [0.15, 0.2) is 52.1 Å². The molecule has 2 aromatic carbocycles. The van der Waals surface area contributed by atoms with Gasteiger partial charge in [0.05, 0.1) is 11.0 Å². The lowest BCUT2D eigenvalue weighted by Gasteiger charge is -2.22. The lowest BCUT2D eigenvalue weighted by Crippen LogP contribution is -2.29. The molecule has 7 heteroatoms. The molecule has 7 nitrogen and oxygen atoms in total. The van der Waals surface area contributed by atoms with Gasteiger partial charge in [0.25, 0.3) is 5.91 Å². The second-order valence-electron chi connectivity index (χ2n) is 7.25. The molecule has 3 aromatic rings. The van der Waals surface area contributed by atoms with Crippen LogP contribution in [0.3, 0.4) is 0 Å². The molecule has 0 aliphatic heterocycles. The number of ether oxygens (including phenoxy) is 1. The first kappa shape index (κ1) is 18.4. The van der Waals surface area contributed by atoms with Gasteiger partial charge in [0.2, 0.25) is 0 Å². The third-order valence-corrected chi connectivity index (χ3v) is 4.06. The average Bonchev–Trinajstić information content (AvgIpc) is 2.61. The Morgan fingerprint density at radius 1 is 1.00 bits per heavy atom. The maximum Gasteiger partial charge on any atom is 0.314 e. The summed E-state index contributed by atoms with van der Waals surface area (Å²) in [5, 5.41) is 2.72. The van der Waals surface area contributed by atoms with Crippen LogP contribution in [-0.2, 0) is 10.2 Å². The van der Waals surface area contributed by atoms with E-state index in [0.29, 0.717) is 22.5 Å². The van der Waals surface area contributed by atoms with Gasteiger partial charge in [0.1, 0.15) is 5.75 Å². The summed E-state index contributed by atoms with van der Waals surface area (Å²) < 4.78 is 5.70. The van der Waals surface area contributed by atoms with Crippen LogP contribution in [0.1, 0.15) is 26.3 Å². The number of hydrogen-bond acceptors (Lipinski definition) is 4. The van der Waals surface area contributed by atoms with Gasteiger partial charge in [-0.15, -0.1) is 0 Å². The van der Waals surface area contributed by atoms with Crippen LogP contribution >= 0.6 is 0 Å². The quantitative estimate of drug-likeness (QED) is 0.616. The fraction of sp³-hybridized carbons (Fsp3) is 0.250. The van der Waals surface area contributed by atoms with Crippen molar-refractivity contribution in [1.29, 1.82) is 0 Å². The van der Waals surface area contributed by atoms with E-state index in [0.717, 1.165) is 5.56 Å². The van der Waals surface area contributed by atoms with Crippen LogP contribution in [0.25, 0.3) is 11.0 Å². The molecular weight excluding hydrogens is 346 g/mol. The monoisotopic (exact) mass is 367 g/mol. The topological polar surface area (TPSA) is 104 Å². The number of para-hydroxylation sites is 1. The maximum absolute atomic E-state index is 12.2. The summed E-state index contributed by atoms with van der Waals surface area (Å²) >= 11 is 0. The first-order chi connectivity index (χ1) is 12.7. The molecule has 0 aliphatic rings. The molecule has 0 bridgehead atoms. The minimum absolute atomic E-state index is 0.103. The van der Waals surface area contributed by atoms with E-state index in [-0.39, 0.29) is 17.9 Å². The van der Waals surface area contributed by atoms with E-state index in [1.54, 1.807) is 18.2 Å². The Balaban J connectivity index is 1.72. The number of H-pyrrole nitrogens is 2. The number of anilines is 1. The fourth-order valence-corrected chi connectivity index (χ4v) is 2.75. The number of carbonyl (C=O) groups is 1. The molecule has 0 fully saturated rings. The molecule has 1 aromatic heterocycles. The first-order valence-corrected chi connectivity index (χ1v) is 8.52. The summed E-state index contributed by atoms with van der Waals surface area (Å²) in [5.74, 6) is 0.338. The lowest BCUT2D eigenvalue weighted by atomic mass is 9.86. The van der Waals surface area contributed by atoms with Gasteiger partial charge in [0, 0.05) is 5.69 Å². The number of nitrogens with one attached hydrogen (secondary N) is 3. The van der Waals surface area contributed by atoms with Crippen molar-refractivity contribution in [3.05, 3.63) is 68.7 Å². The maximum atomic E-state index is 12.2. The van der Waals surface area contributed by atoms with Gasteiger partial charge in [-0.1, -0.05) is 39.0 Å². The molecule has 0 spiro atoms. The van der Waals surface area contributed by atoms with Crippen molar-refractivity contribution in [2.24, 2.45) is 0 Å². The van der Waals surface area contributed by atoms with Crippen LogP contribution in [-0.4, -0.2) is 22.5 Å². The van der Waals surface area contributed by atoms with Crippen LogP contribution in [0.5, 0.6) is 5.75 Å². The zero-order chi connectivity index (χ0) is 19.6. The standard InChI is InChI=1S/C20H21N3O4/c1-20(2,3)13-6-4-5-7-16(13)27-11-17(24)21-12-8-9-14-15(10-12)23-19(26)18(25)22-14/h4-10H,11H2,1-3H3,(H,21,24)(H,22,25)(H,23,26). The molecule has 1 amide bonds. The van der Waals surface area contributed by atoms with Gasteiger partial charge >= 0.3 is 11.1 Å². The number of carbonyl (C=O) groups excluding carboxylic acids is 1. The van der Waals surface area contributed by atoms with Crippen molar-refractivity contribution in [1.82, 2.24) is 9.97 Å². The van der Waals surface area contributed by atoms with Gasteiger partial charge in [0.15, 0.2) is 6.61 Å². The Bertz CT molecular complexity index is 1110. The zero-order valence-corrected chi connectivity index (χ0v) is 15.4. The smallest absolute Gasteiger partial charge is 0.314 e. The average molecular weight is 367 g/mol. The lowest BCUT2D eigenvalue weighted by molar-refractivity contribution is -0.118. The molecule has 0 saturated heterocycles. The number of aromatic amines is 2. The molecule has 0 radical (unpaired) electrons. The minimum atomic E-state index is -0.743. The fourth-order valence-electron chi connectivity index (χ4n) is 2.75. The van der Waals surface area contributed by atoms with Crippen molar-refractivity contribution in [2.75, 3.05) is 11.9 Å². The molecule has 0 atom stereocenters. The molecule has 3 N–H and O–H groups in total. The first-order valence-electron chi connectivity index (χ1n) is 8.52. The predicted octanol–water partition coefficient (Wildman–Crippen LogP) is 2.53. The van der Waals surface area contributed by atoms with E-state index in [1.165, 1.54) is 0 Å². The van der Waals surface area contributed by atoms with Crippen LogP contribution in [0, 0.1) is 0 Å². The van der Waals surface area contributed by atoms with E-state index in [1.807, 2.05) is 24.3 Å². The van der Waals surface area contributed by atoms with E-state index in [4.69, 9.17) is 4.74 Å². The minimum Gasteiger partial charge on any atom is -0.483 e. The normalized spacial score (nSPS) is 11.4. The second kappa shape index (κ2) is 7.11. The SMILES string of the molecule is CC(C)(C)c1ccccc1OCC(=O)Nc1ccc2[nH]c(=O)c(=O)[nH]c2c1. The van der Waals surface area contributed by atoms with Gasteiger partial charge in [-0.05, 0) is 35.2 Å². The zero-order valence-electron chi connectivity index (χ0n) is 15.4. The molecular formula is C20H21N3O4. The highest BCUT2D eigenvalue weighted by Crippen LogP contribution is 2.30. The Labute approximate surface area is 155 Å². The number of aromatic nitrogens is 2. The predicted molar refractivity (Wildman–Crippen MR) is 104 cm³/mol. The van der Waals surface area contributed by atoms with E-state index in [9.17, 15) is 14.4 Å². The molecule has 3 rings (SSSR count). The molecule has 1 heterocycles. The van der Waals surface area contributed by atoms with Crippen molar-refractivity contribution >= 4 is 22.6 Å². The van der Waals surface area contributed by atoms with Crippen molar-refractivity contribution in [3.8, 4) is 5.75 Å². The molecule has 0 unspecified atom stereocenters. The van der Waals surface area contributed by atoms with Crippen LogP contribution in [0.4, 0.5) is 5.69 Å². The highest BCUT2D eigenvalue weighted by Gasteiger charge is 2.18. The van der Waals surface area contributed by atoms with Crippen molar-refractivity contribution in [2.45, 2.75) is 26.2 Å². The van der Waals surface area contributed by atoms with Gasteiger partial charge in [-0.3, -0.25) is 14.4 Å². The molecule has 0 saturated carbocycles. The van der Waals surface area contributed by atoms with Crippen LogP contribution in [0.2, 0.25) is 0 Å². The third kappa shape index (κ3) is 4.25. The molecule has 140 valence electrons. The van der Waals surface area contributed by atoms with Crippen molar-refractivity contribution in [3.63, 3.8) is 0 Å². The number of benzene rings is 2. The van der Waals surface area contributed by atoms with E-state index < -0.39 is 11.1 Å². The number of hydrogen-bond donors (Lipinski definition) is 3. The Kier molecular flexibility index (Phi) is 4.85. The van der Waals surface area contributed by atoms with Gasteiger partial charge in [-0.25, -0.2) is 0 Å². The number of amides is 1. The van der Waals surface area contributed by atoms with Gasteiger partial charge < -0.3 is 20.0 Å². The van der Waals surface area contributed by atoms with Crippen LogP contribution < -0.4 is 21.2 Å². The molecule has 27 heavy (non-hydrogen) atoms. The number of rotatable bonds is 4.